The van der Waals surface area contributed by atoms with Crippen molar-refractivity contribution in [3.05, 3.63) is 54.1 Å². The Bertz CT molecular complexity index is 1100. The van der Waals surface area contributed by atoms with Crippen LogP contribution in [-0.4, -0.2) is 42.3 Å². The van der Waals surface area contributed by atoms with Gasteiger partial charge in [0, 0.05) is 24.9 Å². The number of hydrogen-bond acceptors (Lipinski definition) is 4. The number of ether oxygens (including phenoxy) is 1. The second-order valence-electron chi connectivity index (χ2n) is 10.8. The summed E-state index contributed by atoms with van der Waals surface area (Å²) in [6, 6.07) is 15.5. The van der Waals surface area contributed by atoms with Crippen LogP contribution in [0.1, 0.15) is 64.9 Å². The Morgan fingerprint density at radius 1 is 1.08 bits per heavy atom. The first-order chi connectivity index (χ1) is 18.2. The van der Waals surface area contributed by atoms with Crippen LogP contribution in [-0.2, 0) is 20.9 Å². The van der Waals surface area contributed by atoms with Crippen LogP contribution in [0.2, 0.25) is 0 Å². The molecule has 1 aliphatic rings. The molecule has 2 aromatic rings. The third-order valence-electron chi connectivity index (χ3n) is 7.31. The summed E-state index contributed by atoms with van der Waals surface area (Å²) in [6.07, 6.45) is 4.20. The molecule has 0 aliphatic carbocycles. The highest BCUT2D eigenvalue weighted by Gasteiger charge is 2.35. The second-order valence-corrected chi connectivity index (χ2v) is 10.8. The molecule has 7 heteroatoms. The van der Waals surface area contributed by atoms with E-state index in [0.29, 0.717) is 32.4 Å². The maximum atomic E-state index is 13.6. The number of benzene rings is 2. The van der Waals surface area contributed by atoms with Crippen molar-refractivity contribution < 1.29 is 19.1 Å². The Balaban J connectivity index is 1.76. The smallest absolute Gasteiger partial charge is 0.245 e. The largest absolute Gasteiger partial charge is 0.497 e. The second kappa shape index (κ2) is 14.0. The number of carbonyl (C=O) groups excluding carboxylic acids is 3. The van der Waals surface area contributed by atoms with Crippen molar-refractivity contribution in [2.45, 2.75) is 71.9 Å². The molecule has 2 aromatic carbocycles. The van der Waals surface area contributed by atoms with Gasteiger partial charge in [-0.1, -0.05) is 57.5 Å². The van der Waals surface area contributed by atoms with E-state index in [-0.39, 0.29) is 17.7 Å². The SMILES string of the molecule is CCC[C@H](C(N)=O)[C@H](CC(C)C)C(=O)NC1CCCCN(Cc2cccc(-c3cccc(OC)c3)c2)C1=O. The molecule has 7 nitrogen and oxygen atoms in total. The predicted octanol–water partition coefficient (Wildman–Crippen LogP) is 4.92. The molecule has 0 radical (unpaired) electrons. The summed E-state index contributed by atoms with van der Waals surface area (Å²) in [5, 5.41) is 3.02. The number of carbonyl (C=O) groups is 3. The fourth-order valence-electron chi connectivity index (χ4n) is 5.36. The van der Waals surface area contributed by atoms with Crippen molar-refractivity contribution in [2.24, 2.45) is 23.5 Å². The Morgan fingerprint density at radius 3 is 2.45 bits per heavy atom. The molecule has 38 heavy (non-hydrogen) atoms. The molecule has 0 bridgehead atoms. The van der Waals surface area contributed by atoms with Gasteiger partial charge in [-0.25, -0.2) is 0 Å². The summed E-state index contributed by atoms with van der Waals surface area (Å²) in [5.41, 5.74) is 8.83. The molecule has 1 saturated heterocycles. The maximum absolute atomic E-state index is 13.6. The number of likely N-dealkylation sites (tertiary alicyclic amines) is 1. The lowest BCUT2D eigenvalue weighted by Gasteiger charge is -2.29. The lowest BCUT2D eigenvalue weighted by atomic mass is 9.81. The summed E-state index contributed by atoms with van der Waals surface area (Å²) in [7, 11) is 1.65. The van der Waals surface area contributed by atoms with Gasteiger partial charge in [-0.2, -0.15) is 0 Å². The molecule has 1 aliphatic heterocycles. The van der Waals surface area contributed by atoms with Gasteiger partial charge < -0.3 is 20.7 Å². The highest BCUT2D eigenvalue weighted by Crippen LogP contribution is 2.27. The van der Waals surface area contributed by atoms with Gasteiger partial charge in [-0.15, -0.1) is 0 Å². The van der Waals surface area contributed by atoms with Gasteiger partial charge in [0.05, 0.1) is 7.11 Å². The first-order valence-corrected chi connectivity index (χ1v) is 13.8. The van der Waals surface area contributed by atoms with E-state index in [4.69, 9.17) is 10.5 Å². The standard InChI is InChI=1S/C31H43N3O4/c1-5-10-26(29(32)35)27(17-21(2)3)30(36)33-28-15-6-7-16-34(31(28)37)20-22-11-8-12-23(18-22)24-13-9-14-25(19-24)38-4/h8-9,11-14,18-19,21,26-28H,5-7,10,15-17,20H2,1-4H3,(H2,32,35)(H,33,36)/t26-,27-,28?/m0/s1. The molecule has 1 fully saturated rings. The first-order valence-electron chi connectivity index (χ1n) is 13.8. The van der Waals surface area contributed by atoms with Crippen LogP contribution in [0.5, 0.6) is 5.75 Å². The molecule has 206 valence electrons. The number of rotatable bonds is 12. The third-order valence-corrected chi connectivity index (χ3v) is 7.31. The minimum absolute atomic E-state index is 0.0722. The molecule has 0 aromatic heterocycles. The normalized spacial score (nSPS) is 17.6. The summed E-state index contributed by atoms with van der Waals surface area (Å²) in [5.74, 6) is -0.800. The highest BCUT2D eigenvalue weighted by atomic mass is 16.5. The number of nitrogens with zero attached hydrogens (tertiary/aromatic N) is 1. The molecule has 0 spiro atoms. The van der Waals surface area contributed by atoms with Crippen molar-refractivity contribution in [1.29, 1.82) is 0 Å². The quantitative estimate of drug-likeness (QED) is 0.414. The van der Waals surface area contributed by atoms with E-state index >= 15 is 0 Å². The summed E-state index contributed by atoms with van der Waals surface area (Å²) < 4.78 is 5.37. The third kappa shape index (κ3) is 7.83. The van der Waals surface area contributed by atoms with Gasteiger partial charge >= 0.3 is 0 Å². The molecule has 3 atom stereocenters. The maximum Gasteiger partial charge on any atom is 0.245 e. The number of nitrogens with one attached hydrogen (secondary N) is 1. The number of nitrogens with two attached hydrogens (primary N) is 1. The zero-order valence-corrected chi connectivity index (χ0v) is 23.2. The fourth-order valence-corrected chi connectivity index (χ4v) is 5.36. The number of hydrogen-bond donors (Lipinski definition) is 2. The molecule has 1 unspecified atom stereocenters. The molecule has 3 amide bonds. The summed E-state index contributed by atoms with van der Waals surface area (Å²) >= 11 is 0. The molecule has 3 rings (SSSR count). The van der Waals surface area contributed by atoms with Gasteiger partial charge in [0.1, 0.15) is 11.8 Å². The Kier molecular flexibility index (Phi) is 10.7. The van der Waals surface area contributed by atoms with Gasteiger partial charge in [0.25, 0.3) is 0 Å². The first kappa shape index (κ1) is 29.2. The minimum atomic E-state index is -0.601. The van der Waals surface area contributed by atoms with Crippen molar-refractivity contribution >= 4 is 17.7 Å². The Hall–Kier alpha value is -3.35. The predicted molar refractivity (Wildman–Crippen MR) is 150 cm³/mol. The number of methoxy groups -OCH3 is 1. The van der Waals surface area contributed by atoms with E-state index in [1.165, 1.54) is 0 Å². The van der Waals surface area contributed by atoms with Crippen LogP contribution in [0, 0.1) is 17.8 Å². The monoisotopic (exact) mass is 521 g/mol. The van der Waals surface area contributed by atoms with Gasteiger partial charge in [0.15, 0.2) is 0 Å². The zero-order valence-electron chi connectivity index (χ0n) is 23.2. The van der Waals surface area contributed by atoms with Gasteiger partial charge in [0.2, 0.25) is 17.7 Å². The molecule has 1 heterocycles. The lowest BCUT2D eigenvalue weighted by molar-refractivity contribution is -0.139. The summed E-state index contributed by atoms with van der Waals surface area (Å²) in [4.78, 5) is 41.1. The number of amides is 3. The topological polar surface area (TPSA) is 102 Å². The Morgan fingerprint density at radius 2 is 1.79 bits per heavy atom. The van der Waals surface area contributed by atoms with Crippen molar-refractivity contribution in [3.63, 3.8) is 0 Å². The molecule has 3 N–H and O–H groups in total. The van der Waals surface area contributed by atoms with Gasteiger partial charge in [-0.05, 0) is 72.9 Å². The van der Waals surface area contributed by atoms with E-state index in [2.05, 4.69) is 11.4 Å². The number of primary amides is 1. The van der Waals surface area contributed by atoms with Crippen LogP contribution in [0.3, 0.4) is 0 Å². The van der Waals surface area contributed by atoms with Crippen LogP contribution in [0.4, 0.5) is 0 Å². The average molecular weight is 522 g/mol. The highest BCUT2D eigenvalue weighted by molar-refractivity contribution is 5.91. The molecular formula is C31H43N3O4. The Labute approximate surface area is 227 Å². The lowest BCUT2D eigenvalue weighted by Crippen LogP contribution is -2.50. The minimum Gasteiger partial charge on any atom is -0.497 e. The average Bonchev–Trinajstić information content (AvgIpc) is 3.07. The van der Waals surface area contributed by atoms with E-state index in [9.17, 15) is 14.4 Å². The van der Waals surface area contributed by atoms with Gasteiger partial charge in [-0.3, -0.25) is 14.4 Å². The van der Waals surface area contributed by atoms with Crippen LogP contribution < -0.4 is 15.8 Å². The van der Waals surface area contributed by atoms with Crippen molar-refractivity contribution in [3.8, 4) is 16.9 Å². The van der Waals surface area contributed by atoms with Crippen molar-refractivity contribution in [2.75, 3.05) is 13.7 Å². The molecular weight excluding hydrogens is 478 g/mol. The van der Waals surface area contributed by atoms with E-state index in [1.54, 1.807) is 7.11 Å². The zero-order chi connectivity index (χ0) is 27.7. The van der Waals surface area contributed by atoms with E-state index in [0.717, 1.165) is 41.7 Å². The van der Waals surface area contributed by atoms with Crippen LogP contribution in [0.15, 0.2) is 48.5 Å². The van der Waals surface area contributed by atoms with E-state index < -0.39 is 23.8 Å². The van der Waals surface area contributed by atoms with Crippen molar-refractivity contribution in [1.82, 2.24) is 10.2 Å². The summed E-state index contributed by atoms with van der Waals surface area (Å²) in [6.45, 7) is 7.16. The fraction of sp³-hybridized carbons (Fsp3) is 0.516. The molecule has 0 saturated carbocycles. The van der Waals surface area contributed by atoms with E-state index in [1.807, 2.05) is 68.1 Å². The van der Waals surface area contributed by atoms with Crippen LogP contribution >= 0.6 is 0 Å². The van der Waals surface area contributed by atoms with Crippen LogP contribution in [0.25, 0.3) is 11.1 Å².